The number of allylic oxidation sites excluding steroid dienone is 7. The number of carbonyl (C=O) groups is 1. The molecule has 2 aromatic rings. The molecule has 2 heterocycles. The van der Waals surface area contributed by atoms with Crippen molar-refractivity contribution in [2.75, 3.05) is 26.2 Å². The van der Waals surface area contributed by atoms with E-state index in [4.69, 9.17) is 21.4 Å². The number of rotatable bonds is 11. The lowest BCUT2D eigenvalue weighted by Gasteiger charge is -1.98. The highest BCUT2D eigenvalue weighted by molar-refractivity contribution is 6.18. The Morgan fingerprint density at radius 3 is 2.59 bits per heavy atom. The van der Waals surface area contributed by atoms with E-state index in [1.54, 1.807) is 31.7 Å². The first-order valence-corrected chi connectivity index (χ1v) is 11.9. The second kappa shape index (κ2) is 20.8. The van der Waals surface area contributed by atoms with Crippen LogP contribution in [0.4, 0.5) is 0 Å². The molecule has 0 fully saturated rings. The number of Topliss-reactive ketones (excluding diaryl/α,β-unsaturated/α-hetero) is 1. The summed E-state index contributed by atoms with van der Waals surface area (Å²) >= 11 is 5.33. The number of aromatic nitrogens is 2. The predicted octanol–water partition coefficient (Wildman–Crippen LogP) is 6.83. The lowest BCUT2D eigenvalue weighted by atomic mass is 10.0. The fourth-order valence-corrected chi connectivity index (χ4v) is 2.63. The summed E-state index contributed by atoms with van der Waals surface area (Å²) in [6.07, 6.45) is 20.4. The van der Waals surface area contributed by atoms with Crippen LogP contribution in [-0.4, -0.2) is 47.1 Å². The fourth-order valence-electron chi connectivity index (χ4n) is 2.50. The van der Waals surface area contributed by atoms with Gasteiger partial charge in [-0.25, -0.2) is 4.98 Å². The molecule has 0 amide bonds. The van der Waals surface area contributed by atoms with Crippen LogP contribution in [0.2, 0.25) is 0 Å². The van der Waals surface area contributed by atoms with Crippen molar-refractivity contribution in [3.05, 3.63) is 90.9 Å². The molecule has 2 rings (SSSR count). The summed E-state index contributed by atoms with van der Waals surface area (Å²) in [4.78, 5) is 19.5. The number of H-pyrrole nitrogens is 1. The average Bonchev–Trinajstić information content (AvgIpc) is 3.28. The summed E-state index contributed by atoms with van der Waals surface area (Å²) in [7, 11) is 1.65. The number of carbonyl (C=O) groups excluding carboxylic acids is 1. The van der Waals surface area contributed by atoms with Crippen molar-refractivity contribution in [3.63, 3.8) is 0 Å². The predicted molar refractivity (Wildman–Crippen MR) is 146 cm³/mol. The van der Waals surface area contributed by atoms with Crippen molar-refractivity contribution in [2.45, 2.75) is 33.6 Å². The zero-order chi connectivity index (χ0) is 25.6. The maximum absolute atomic E-state index is 12.3. The van der Waals surface area contributed by atoms with Gasteiger partial charge in [0.15, 0.2) is 5.78 Å². The van der Waals surface area contributed by atoms with Crippen molar-refractivity contribution >= 4 is 28.4 Å². The molecule has 0 aliphatic carbocycles. The van der Waals surface area contributed by atoms with Gasteiger partial charge in [0.05, 0.1) is 13.2 Å². The highest BCUT2D eigenvalue weighted by Crippen LogP contribution is 2.19. The van der Waals surface area contributed by atoms with Gasteiger partial charge in [-0.05, 0) is 37.8 Å². The van der Waals surface area contributed by atoms with Gasteiger partial charge < -0.3 is 14.8 Å². The Kier molecular flexibility index (Phi) is 19.2. The molecule has 0 aliphatic rings. The van der Waals surface area contributed by atoms with Crippen molar-refractivity contribution in [3.8, 4) is 0 Å². The monoisotopic (exact) mass is 486 g/mol. The number of hydrogen-bond donors (Lipinski definition) is 2. The summed E-state index contributed by atoms with van der Waals surface area (Å²) < 4.78 is 4.91. The second-order valence-corrected chi connectivity index (χ2v) is 7.80. The first-order chi connectivity index (χ1) is 16.4. The van der Waals surface area contributed by atoms with E-state index in [0.717, 1.165) is 24.1 Å². The van der Waals surface area contributed by atoms with Crippen LogP contribution in [0.5, 0.6) is 0 Å². The van der Waals surface area contributed by atoms with Gasteiger partial charge in [-0.15, -0.1) is 11.6 Å². The van der Waals surface area contributed by atoms with Crippen molar-refractivity contribution in [1.82, 2.24) is 9.97 Å². The normalized spacial score (nSPS) is 11.4. The number of ketones is 1. The summed E-state index contributed by atoms with van der Waals surface area (Å²) in [6.45, 7) is 10.7. The Bertz CT molecular complexity index is 940. The molecule has 0 saturated carbocycles. The van der Waals surface area contributed by atoms with Gasteiger partial charge in [-0.1, -0.05) is 69.0 Å². The third-order valence-corrected chi connectivity index (χ3v) is 4.36. The van der Waals surface area contributed by atoms with Gasteiger partial charge in [0.2, 0.25) is 0 Å². The number of fused-ring (bicyclic) bond motifs is 1. The number of aliphatic hydroxyl groups excluding tert-OH is 1. The number of aliphatic hydroxyl groups is 1. The van der Waals surface area contributed by atoms with Crippen LogP contribution >= 0.6 is 11.6 Å². The molecule has 6 heteroatoms. The molecule has 34 heavy (non-hydrogen) atoms. The Balaban J connectivity index is 0.000000691. The van der Waals surface area contributed by atoms with Crippen LogP contribution in [-0.2, 0) is 4.74 Å². The molecule has 0 aliphatic heterocycles. The lowest BCUT2D eigenvalue weighted by Crippen LogP contribution is -1.99. The first-order valence-electron chi connectivity index (χ1n) is 11.3. The Hall–Kier alpha value is -2.73. The van der Waals surface area contributed by atoms with E-state index >= 15 is 0 Å². The van der Waals surface area contributed by atoms with E-state index in [0.29, 0.717) is 29.3 Å². The van der Waals surface area contributed by atoms with E-state index in [1.165, 1.54) is 0 Å². The van der Waals surface area contributed by atoms with Gasteiger partial charge in [-0.2, -0.15) is 0 Å². The summed E-state index contributed by atoms with van der Waals surface area (Å²) in [5.41, 5.74) is 1.77. The van der Waals surface area contributed by atoms with Gasteiger partial charge in [-0.3, -0.25) is 4.79 Å². The third kappa shape index (κ3) is 14.4. The molecule has 0 bridgehead atoms. The Morgan fingerprint density at radius 2 is 2.03 bits per heavy atom. The maximum atomic E-state index is 12.3. The minimum atomic E-state index is -0.0913. The van der Waals surface area contributed by atoms with E-state index in [2.05, 4.69) is 30.4 Å². The Morgan fingerprint density at radius 1 is 1.26 bits per heavy atom. The zero-order valence-corrected chi connectivity index (χ0v) is 21.6. The zero-order valence-electron chi connectivity index (χ0n) is 20.8. The smallest absolute Gasteiger partial charge is 0.194 e. The van der Waals surface area contributed by atoms with Gasteiger partial charge >= 0.3 is 0 Å². The number of alkyl halides is 1. The minimum Gasteiger partial charge on any atom is -0.392 e. The quantitative estimate of drug-likeness (QED) is 0.120. The van der Waals surface area contributed by atoms with Crippen LogP contribution in [0.3, 0.4) is 0 Å². The van der Waals surface area contributed by atoms with Crippen LogP contribution in [0.1, 0.15) is 44.0 Å². The number of halogens is 1. The van der Waals surface area contributed by atoms with Crippen LogP contribution < -0.4 is 0 Å². The highest BCUT2D eigenvalue weighted by atomic mass is 35.5. The summed E-state index contributed by atoms with van der Waals surface area (Å²) in [6, 6.07) is 3.68. The van der Waals surface area contributed by atoms with E-state index in [9.17, 15) is 4.79 Å². The summed E-state index contributed by atoms with van der Waals surface area (Å²) in [5.74, 6) is 1.21. The van der Waals surface area contributed by atoms with Gasteiger partial charge in [0.1, 0.15) is 5.65 Å². The number of ether oxygens (including phenoxy) is 1. The average molecular weight is 487 g/mol. The molecule has 0 radical (unpaired) electrons. The standard InChI is InChI=1S/C17H18N2O2.C6H12O.C5H9Cl/c1-13(8-5-3-4-6-11-21-2)16(20)15-12-19-17-14(15)9-7-10-18-17;1-6(2)4-3-5-7;1-2-3-4-5-6/h4-10,12H,1,3,11H2,2H3,(H,18,19);3-4,6-7H,5H2,1-2H3;2-3H,4-5H2,1H3/b6-4-,8-5-;4-3+;3-2-. The number of nitrogens with one attached hydrogen (secondary N) is 1. The lowest BCUT2D eigenvalue weighted by molar-refractivity contribution is 0.104. The topological polar surface area (TPSA) is 75.2 Å². The van der Waals surface area contributed by atoms with Crippen molar-refractivity contribution < 1.29 is 14.6 Å². The molecular formula is C28H39ClN2O3. The number of pyridine rings is 1. The van der Waals surface area contributed by atoms with Crippen molar-refractivity contribution in [2.24, 2.45) is 5.92 Å². The Labute approximate surface area is 209 Å². The number of methoxy groups -OCH3 is 1. The number of nitrogens with zero attached hydrogens (tertiary/aromatic N) is 1. The van der Waals surface area contributed by atoms with E-state index < -0.39 is 0 Å². The van der Waals surface area contributed by atoms with E-state index in [1.807, 2.05) is 55.5 Å². The molecule has 0 atom stereocenters. The molecule has 0 aromatic carbocycles. The van der Waals surface area contributed by atoms with Gasteiger partial charge in [0, 0.05) is 41.9 Å². The molecule has 0 unspecified atom stereocenters. The highest BCUT2D eigenvalue weighted by Gasteiger charge is 2.13. The molecule has 2 N–H and O–H groups in total. The molecule has 186 valence electrons. The van der Waals surface area contributed by atoms with Crippen molar-refractivity contribution in [1.29, 1.82) is 0 Å². The molecule has 5 nitrogen and oxygen atoms in total. The number of hydrogen-bond acceptors (Lipinski definition) is 4. The van der Waals surface area contributed by atoms with Crippen LogP contribution in [0.25, 0.3) is 11.0 Å². The maximum Gasteiger partial charge on any atom is 0.194 e. The number of aromatic amines is 1. The molecule has 0 saturated heterocycles. The molecular weight excluding hydrogens is 448 g/mol. The largest absolute Gasteiger partial charge is 0.392 e. The van der Waals surface area contributed by atoms with Gasteiger partial charge in [0.25, 0.3) is 0 Å². The molecule has 0 spiro atoms. The minimum absolute atomic E-state index is 0.0913. The first kappa shape index (κ1) is 31.3. The SMILES string of the molecule is C/C=C\CCCl.C=C(/C=C\C/C=C\COC)C(=O)c1c[nH]c2ncccc12.CC(C)/C=C/CO. The summed E-state index contributed by atoms with van der Waals surface area (Å²) in [5, 5.41) is 9.05. The van der Waals surface area contributed by atoms with Crippen LogP contribution in [0, 0.1) is 5.92 Å². The third-order valence-electron chi connectivity index (χ3n) is 4.15. The van der Waals surface area contributed by atoms with E-state index in [-0.39, 0.29) is 12.4 Å². The fraction of sp³-hybridized carbons (Fsp3) is 0.357. The van der Waals surface area contributed by atoms with Crippen LogP contribution in [0.15, 0.2) is 85.3 Å². The molecule has 2 aromatic heterocycles. The second-order valence-electron chi connectivity index (χ2n) is 7.42.